The Morgan fingerprint density at radius 1 is 1.16 bits per heavy atom. The molecule has 0 spiro atoms. The van der Waals surface area contributed by atoms with Gasteiger partial charge in [-0.2, -0.15) is 5.10 Å². The van der Waals surface area contributed by atoms with E-state index in [1.54, 1.807) is 30.5 Å². The van der Waals surface area contributed by atoms with Crippen molar-refractivity contribution in [3.05, 3.63) is 66.2 Å². The van der Waals surface area contributed by atoms with Crippen molar-refractivity contribution in [2.75, 3.05) is 0 Å². The molecular formula is C17H14N6O2. The second-order valence-corrected chi connectivity index (χ2v) is 5.28. The Morgan fingerprint density at radius 2 is 2.04 bits per heavy atom. The maximum Gasteiger partial charge on any atom is 0.356 e. The van der Waals surface area contributed by atoms with E-state index in [2.05, 4.69) is 30.6 Å². The predicted octanol–water partition coefficient (Wildman–Crippen LogP) is 2.21. The molecular weight excluding hydrogens is 320 g/mol. The second kappa shape index (κ2) is 6.54. The van der Waals surface area contributed by atoms with Crippen LogP contribution in [0.2, 0.25) is 0 Å². The minimum atomic E-state index is -0.456. The molecule has 0 aliphatic carbocycles. The second-order valence-electron chi connectivity index (χ2n) is 5.28. The summed E-state index contributed by atoms with van der Waals surface area (Å²) in [5.41, 5.74) is 4.69. The number of nitrogens with one attached hydrogen (secondary N) is 3. The summed E-state index contributed by atoms with van der Waals surface area (Å²) in [6, 6.07) is 12.6. The van der Waals surface area contributed by atoms with Gasteiger partial charge in [0.15, 0.2) is 5.82 Å². The van der Waals surface area contributed by atoms with E-state index >= 15 is 0 Å². The highest BCUT2D eigenvalue weighted by atomic mass is 16.7. The highest BCUT2D eigenvalue weighted by molar-refractivity contribution is 5.91. The lowest BCUT2D eigenvalue weighted by atomic mass is 10.2. The minimum Gasteiger partial charge on any atom is -0.366 e. The molecule has 4 rings (SSSR count). The van der Waals surface area contributed by atoms with Gasteiger partial charge in [0, 0.05) is 23.3 Å². The van der Waals surface area contributed by atoms with E-state index in [9.17, 15) is 4.79 Å². The zero-order chi connectivity index (χ0) is 17.1. The fourth-order valence-corrected chi connectivity index (χ4v) is 2.44. The van der Waals surface area contributed by atoms with Gasteiger partial charge < -0.3 is 9.82 Å². The van der Waals surface area contributed by atoms with Gasteiger partial charge in [-0.15, -0.1) is 5.48 Å². The number of pyridine rings is 1. The summed E-state index contributed by atoms with van der Waals surface area (Å²) in [5, 5.41) is 7.96. The van der Waals surface area contributed by atoms with Gasteiger partial charge in [0.2, 0.25) is 0 Å². The molecule has 0 unspecified atom stereocenters. The number of carbonyl (C=O) groups excluding carboxylic acids is 1. The van der Waals surface area contributed by atoms with Crippen molar-refractivity contribution in [2.24, 2.45) is 0 Å². The summed E-state index contributed by atoms with van der Waals surface area (Å²) in [7, 11) is 0. The molecule has 8 nitrogen and oxygen atoms in total. The molecule has 3 heterocycles. The monoisotopic (exact) mass is 334 g/mol. The molecule has 0 bridgehead atoms. The molecule has 4 aromatic rings. The average Bonchev–Trinajstić information content (AvgIpc) is 3.29. The van der Waals surface area contributed by atoms with Crippen LogP contribution < -0.4 is 5.48 Å². The molecule has 3 N–H and O–H groups in total. The molecule has 0 saturated heterocycles. The molecule has 3 aromatic heterocycles. The summed E-state index contributed by atoms with van der Waals surface area (Å²) in [4.78, 5) is 28.6. The number of rotatable bonds is 5. The number of H-pyrrole nitrogens is 2. The van der Waals surface area contributed by atoms with Crippen LogP contribution in [0.1, 0.15) is 16.2 Å². The lowest BCUT2D eigenvalue weighted by Crippen LogP contribution is -2.20. The summed E-state index contributed by atoms with van der Waals surface area (Å²) in [5.74, 6) is 0.641. The molecule has 0 fully saturated rings. The maximum absolute atomic E-state index is 11.8. The number of aromatic nitrogens is 5. The number of hydrogen-bond donors (Lipinski definition) is 3. The SMILES string of the molecule is O=C(ONCc1nc(-c2c[nH]c3ncccc23)n[nH]1)c1ccccc1. The molecule has 0 amide bonds. The Labute approximate surface area is 142 Å². The first kappa shape index (κ1) is 15.0. The molecule has 124 valence electrons. The number of aromatic amines is 2. The first-order valence-electron chi connectivity index (χ1n) is 7.64. The number of hydrogen-bond acceptors (Lipinski definition) is 6. The van der Waals surface area contributed by atoms with Gasteiger partial charge in [0.25, 0.3) is 0 Å². The van der Waals surface area contributed by atoms with Crippen LogP contribution in [0.25, 0.3) is 22.4 Å². The van der Waals surface area contributed by atoms with Crippen LogP contribution in [0.3, 0.4) is 0 Å². The van der Waals surface area contributed by atoms with Crippen LogP contribution >= 0.6 is 0 Å². The fourth-order valence-electron chi connectivity index (χ4n) is 2.44. The molecule has 1 aromatic carbocycles. The Bertz CT molecular complexity index is 1010. The van der Waals surface area contributed by atoms with E-state index in [0.29, 0.717) is 17.2 Å². The van der Waals surface area contributed by atoms with Crippen molar-refractivity contribution in [3.8, 4) is 11.4 Å². The predicted molar refractivity (Wildman–Crippen MR) is 90.2 cm³/mol. The standard InChI is InChI=1S/C17H14N6O2/c24-17(11-5-2-1-3-6-11)25-20-10-14-21-16(23-22-14)13-9-19-15-12(13)7-4-8-18-15/h1-9,20H,10H2,(H,18,19)(H,21,22,23). The number of hydroxylamine groups is 1. The van der Waals surface area contributed by atoms with Crippen molar-refractivity contribution in [3.63, 3.8) is 0 Å². The van der Waals surface area contributed by atoms with Crippen LogP contribution in [0, 0.1) is 0 Å². The van der Waals surface area contributed by atoms with E-state index in [4.69, 9.17) is 4.84 Å². The summed E-state index contributed by atoms with van der Waals surface area (Å²) in [6.45, 7) is 0.214. The lowest BCUT2D eigenvalue weighted by molar-refractivity contribution is 0.0232. The highest BCUT2D eigenvalue weighted by Gasteiger charge is 2.12. The van der Waals surface area contributed by atoms with E-state index in [1.165, 1.54) is 0 Å². The smallest absolute Gasteiger partial charge is 0.356 e. The van der Waals surface area contributed by atoms with Crippen LogP contribution in [0.5, 0.6) is 0 Å². The molecule has 8 heteroatoms. The first-order chi connectivity index (χ1) is 12.3. The lowest BCUT2D eigenvalue weighted by Gasteiger charge is -2.03. The summed E-state index contributed by atoms with van der Waals surface area (Å²) >= 11 is 0. The third-order valence-electron chi connectivity index (χ3n) is 3.64. The highest BCUT2D eigenvalue weighted by Crippen LogP contribution is 2.24. The van der Waals surface area contributed by atoms with Gasteiger partial charge in [-0.3, -0.25) is 5.10 Å². The van der Waals surface area contributed by atoms with Gasteiger partial charge in [0.05, 0.1) is 12.1 Å². The maximum atomic E-state index is 11.8. The molecule has 0 atom stereocenters. The topological polar surface area (TPSA) is 109 Å². The Balaban J connectivity index is 1.41. The third kappa shape index (κ3) is 3.10. The van der Waals surface area contributed by atoms with Crippen molar-refractivity contribution in [1.82, 2.24) is 30.6 Å². The number of carbonyl (C=O) groups is 1. The van der Waals surface area contributed by atoms with Crippen molar-refractivity contribution >= 4 is 17.0 Å². The minimum absolute atomic E-state index is 0.214. The largest absolute Gasteiger partial charge is 0.366 e. The number of nitrogens with zero attached hydrogens (tertiary/aromatic N) is 3. The Kier molecular flexibility index (Phi) is 3.93. The first-order valence-corrected chi connectivity index (χ1v) is 7.64. The zero-order valence-corrected chi connectivity index (χ0v) is 13.1. The zero-order valence-electron chi connectivity index (χ0n) is 13.1. The summed E-state index contributed by atoms with van der Waals surface area (Å²) in [6.07, 6.45) is 3.53. The Morgan fingerprint density at radius 3 is 2.92 bits per heavy atom. The molecule has 0 radical (unpaired) electrons. The van der Waals surface area contributed by atoms with Gasteiger partial charge in [0.1, 0.15) is 11.5 Å². The van der Waals surface area contributed by atoms with Gasteiger partial charge in [-0.1, -0.05) is 18.2 Å². The molecule has 0 aliphatic heterocycles. The van der Waals surface area contributed by atoms with Crippen molar-refractivity contribution in [1.29, 1.82) is 0 Å². The average molecular weight is 334 g/mol. The van der Waals surface area contributed by atoms with Crippen LogP contribution in [-0.4, -0.2) is 31.1 Å². The third-order valence-corrected chi connectivity index (χ3v) is 3.64. The van der Waals surface area contributed by atoms with E-state index in [-0.39, 0.29) is 6.54 Å². The van der Waals surface area contributed by atoms with Crippen molar-refractivity contribution < 1.29 is 9.63 Å². The van der Waals surface area contributed by atoms with Crippen LogP contribution in [0.4, 0.5) is 0 Å². The van der Waals surface area contributed by atoms with Gasteiger partial charge >= 0.3 is 5.97 Å². The normalized spacial score (nSPS) is 10.9. The van der Waals surface area contributed by atoms with Crippen molar-refractivity contribution in [2.45, 2.75) is 6.54 Å². The fraction of sp³-hybridized carbons (Fsp3) is 0.0588. The summed E-state index contributed by atoms with van der Waals surface area (Å²) < 4.78 is 0. The number of fused-ring (bicyclic) bond motifs is 1. The molecule has 0 saturated carbocycles. The van der Waals surface area contributed by atoms with Gasteiger partial charge in [-0.25, -0.2) is 14.8 Å². The van der Waals surface area contributed by atoms with Gasteiger partial charge in [-0.05, 0) is 24.3 Å². The molecule has 25 heavy (non-hydrogen) atoms. The number of benzene rings is 1. The van der Waals surface area contributed by atoms with Crippen LogP contribution in [-0.2, 0) is 11.4 Å². The van der Waals surface area contributed by atoms with E-state index in [1.807, 2.05) is 24.4 Å². The quantitative estimate of drug-likeness (QED) is 0.483. The van der Waals surface area contributed by atoms with E-state index < -0.39 is 5.97 Å². The van der Waals surface area contributed by atoms with Crippen LogP contribution in [0.15, 0.2) is 54.9 Å². The molecule has 0 aliphatic rings. The Hall–Kier alpha value is -3.52. The van der Waals surface area contributed by atoms with E-state index in [0.717, 1.165) is 16.6 Å².